The Labute approximate surface area is 182 Å². The van der Waals surface area contributed by atoms with Crippen molar-refractivity contribution >= 4 is 5.95 Å². The molecule has 0 bridgehead atoms. The van der Waals surface area contributed by atoms with E-state index in [1.54, 1.807) is 11.0 Å². The van der Waals surface area contributed by atoms with Crippen LogP contribution in [0.5, 0.6) is 0 Å². The van der Waals surface area contributed by atoms with E-state index in [1.165, 1.54) is 30.4 Å². The highest BCUT2D eigenvalue weighted by molar-refractivity contribution is 5.33. The van der Waals surface area contributed by atoms with Crippen LogP contribution in [0, 0.1) is 17.8 Å². The Kier molecular flexibility index (Phi) is 5.88. The second-order valence-corrected chi connectivity index (χ2v) is 8.66. The fourth-order valence-electron chi connectivity index (χ4n) is 4.61. The van der Waals surface area contributed by atoms with Crippen LogP contribution in [0.3, 0.4) is 0 Å². The van der Waals surface area contributed by atoms with Crippen LogP contribution < -0.4 is 4.90 Å². The summed E-state index contributed by atoms with van der Waals surface area (Å²) in [7, 11) is 0. The lowest BCUT2D eigenvalue weighted by molar-refractivity contribution is 0.104. The van der Waals surface area contributed by atoms with E-state index in [9.17, 15) is 0 Å². The number of tetrazole rings is 1. The summed E-state index contributed by atoms with van der Waals surface area (Å²) in [5.41, 5.74) is 3.33. The Bertz CT molecular complexity index is 951. The van der Waals surface area contributed by atoms with E-state index in [0.717, 1.165) is 55.5 Å². The van der Waals surface area contributed by atoms with Gasteiger partial charge in [-0.3, -0.25) is 0 Å². The van der Waals surface area contributed by atoms with Crippen molar-refractivity contribution in [3.05, 3.63) is 54.1 Å². The highest BCUT2D eigenvalue weighted by Crippen LogP contribution is 2.48. The predicted molar refractivity (Wildman–Crippen MR) is 117 cm³/mol. The first-order chi connectivity index (χ1) is 15.3. The Morgan fingerprint density at radius 2 is 1.81 bits per heavy atom. The fraction of sp³-hybridized carbons (Fsp3) is 0.522. The number of aromatic nitrogens is 6. The molecule has 31 heavy (non-hydrogen) atoms. The number of aryl methyl sites for hydroxylation is 1. The van der Waals surface area contributed by atoms with E-state index in [0.29, 0.717) is 6.61 Å². The molecule has 162 valence electrons. The van der Waals surface area contributed by atoms with Crippen molar-refractivity contribution in [1.29, 1.82) is 0 Å². The molecule has 0 spiro atoms. The van der Waals surface area contributed by atoms with Crippen molar-refractivity contribution in [3.63, 3.8) is 0 Å². The summed E-state index contributed by atoms with van der Waals surface area (Å²) in [6, 6.07) is 8.18. The lowest BCUT2D eigenvalue weighted by Crippen LogP contribution is -2.35. The molecule has 8 heteroatoms. The van der Waals surface area contributed by atoms with Crippen LogP contribution in [0.25, 0.3) is 5.69 Å². The van der Waals surface area contributed by atoms with Crippen LogP contribution in [-0.2, 0) is 17.8 Å². The number of nitrogens with zero attached hydrogens (tertiary/aromatic N) is 7. The Hall–Kier alpha value is -2.87. The summed E-state index contributed by atoms with van der Waals surface area (Å²) in [5, 5.41) is 11.2. The SMILES string of the molecule is CCc1cnc(N2CCC(C3CC3COCc3ccc(-n4cnnn4)cc3)CC2)nc1. The number of hydrogen-bond acceptors (Lipinski definition) is 7. The van der Waals surface area contributed by atoms with Crippen molar-refractivity contribution in [2.24, 2.45) is 17.8 Å². The van der Waals surface area contributed by atoms with Crippen LogP contribution in [0.15, 0.2) is 43.0 Å². The van der Waals surface area contributed by atoms with Crippen LogP contribution in [-0.4, -0.2) is 49.9 Å². The summed E-state index contributed by atoms with van der Waals surface area (Å²) in [6.45, 7) is 5.78. The van der Waals surface area contributed by atoms with Gasteiger partial charge in [0.15, 0.2) is 0 Å². The molecule has 2 aliphatic rings. The largest absolute Gasteiger partial charge is 0.376 e. The number of hydrogen-bond donors (Lipinski definition) is 0. The van der Waals surface area contributed by atoms with Crippen molar-refractivity contribution in [1.82, 2.24) is 30.2 Å². The van der Waals surface area contributed by atoms with Gasteiger partial charge in [0.1, 0.15) is 6.33 Å². The first-order valence-electron chi connectivity index (χ1n) is 11.3. The van der Waals surface area contributed by atoms with E-state index in [-0.39, 0.29) is 0 Å². The molecule has 2 atom stereocenters. The Morgan fingerprint density at radius 3 is 2.48 bits per heavy atom. The van der Waals surface area contributed by atoms with Gasteiger partial charge < -0.3 is 9.64 Å². The zero-order chi connectivity index (χ0) is 21.0. The van der Waals surface area contributed by atoms with Crippen molar-refractivity contribution in [2.45, 2.75) is 39.2 Å². The van der Waals surface area contributed by atoms with Gasteiger partial charge in [0.25, 0.3) is 0 Å². The van der Waals surface area contributed by atoms with E-state index in [2.05, 4.69) is 49.4 Å². The minimum Gasteiger partial charge on any atom is -0.376 e. The third kappa shape index (κ3) is 4.74. The molecule has 2 aromatic heterocycles. The molecule has 1 aliphatic carbocycles. The second kappa shape index (κ2) is 9.09. The topological polar surface area (TPSA) is 81.9 Å². The quantitative estimate of drug-likeness (QED) is 0.555. The van der Waals surface area contributed by atoms with Gasteiger partial charge in [-0.25, -0.2) is 14.6 Å². The van der Waals surface area contributed by atoms with Crippen LogP contribution >= 0.6 is 0 Å². The fourth-order valence-corrected chi connectivity index (χ4v) is 4.61. The standard InChI is InChI=1S/C23H29N7O/c1-2-17-12-24-23(25-13-17)29-9-7-19(8-10-29)22-11-20(22)15-31-14-18-3-5-21(6-4-18)30-16-26-27-28-30/h3-6,12-13,16,19-20,22H,2,7-11,14-15H2,1H3. The molecule has 3 aromatic rings. The number of piperidine rings is 1. The molecular formula is C23H29N7O. The van der Waals surface area contributed by atoms with Gasteiger partial charge in [-0.2, -0.15) is 0 Å². The average molecular weight is 420 g/mol. The predicted octanol–water partition coefficient (Wildman–Crippen LogP) is 3.08. The van der Waals surface area contributed by atoms with Crippen LogP contribution in [0.2, 0.25) is 0 Å². The average Bonchev–Trinajstić information content (AvgIpc) is 3.38. The van der Waals surface area contributed by atoms with E-state index < -0.39 is 0 Å². The van der Waals surface area contributed by atoms with Crippen LogP contribution in [0.4, 0.5) is 5.95 Å². The number of ether oxygens (including phenoxy) is 1. The first kappa shape index (κ1) is 20.1. The third-order valence-corrected chi connectivity index (χ3v) is 6.66. The molecule has 5 rings (SSSR count). The molecular weight excluding hydrogens is 390 g/mol. The van der Waals surface area contributed by atoms with Gasteiger partial charge in [0.2, 0.25) is 5.95 Å². The Balaban J connectivity index is 1.03. The van der Waals surface area contributed by atoms with Crippen molar-refractivity contribution < 1.29 is 4.74 Å². The van der Waals surface area contributed by atoms with E-state index in [1.807, 2.05) is 24.5 Å². The molecule has 1 saturated carbocycles. The van der Waals surface area contributed by atoms with Gasteiger partial charge in [-0.05, 0) is 77.1 Å². The van der Waals surface area contributed by atoms with E-state index >= 15 is 0 Å². The van der Waals surface area contributed by atoms with Gasteiger partial charge in [0.05, 0.1) is 18.9 Å². The van der Waals surface area contributed by atoms with Crippen molar-refractivity contribution in [2.75, 3.05) is 24.6 Å². The van der Waals surface area contributed by atoms with Gasteiger partial charge in [0, 0.05) is 25.5 Å². The number of anilines is 1. The smallest absolute Gasteiger partial charge is 0.225 e. The van der Waals surface area contributed by atoms with Gasteiger partial charge in [-0.15, -0.1) is 5.10 Å². The maximum Gasteiger partial charge on any atom is 0.225 e. The normalized spacial score (nSPS) is 21.4. The first-order valence-corrected chi connectivity index (χ1v) is 11.3. The molecule has 0 radical (unpaired) electrons. The zero-order valence-electron chi connectivity index (χ0n) is 18.0. The molecule has 0 amide bonds. The lowest BCUT2D eigenvalue weighted by Gasteiger charge is -2.32. The molecule has 2 fully saturated rings. The summed E-state index contributed by atoms with van der Waals surface area (Å²) in [5.74, 6) is 3.25. The molecule has 1 saturated heterocycles. The molecule has 1 aliphatic heterocycles. The van der Waals surface area contributed by atoms with Gasteiger partial charge >= 0.3 is 0 Å². The summed E-state index contributed by atoms with van der Waals surface area (Å²) in [4.78, 5) is 11.4. The molecule has 8 nitrogen and oxygen atoms in total. The summed E-state index contributed by atoms with van der Waals surface area (Å²) >= 11 is 0. The van der Waals surface area contributed by atoms with Crippen molar-refractivity contribution in [3.8, 4) is 5.69 Å². The maximum absolute atomic E-state index is 6.03. The molecule has 0 N–H and O–H groups in total. The molecule has 3 heterocycles. The number of benzene rings is 1. The van der Waals surface area contributed by atoms with E-state index in [4.69, 9.17) is 4.74 Å². The minimum atomic E-state index is 0.655. The summed E-state index contributed by atoms with van der Waals surface area (Å²) < 4.78 is 7.68. The molecule has 1 aromatic carbocycles. The molecule has 2 unspecified atom stereocenters. The Morgan fingerprint density at radius 1 is 1.03 bits per heavy atom. The highest BCUT2D eigenvalue weighted by atomic mass is 16.5. The highest BCUT2D eigenvalue weighted by Gasteiger charge is 2.43. The zero-order valence-corrected chi connectivity index (χ0v) is 18.0. The minimum absolute atomic E-state index is 0.655. The van der Waals surface area contributed by atoms with Crippen LogP contribution in [0.1, 0.15) is 37.3 Å². The second-order valence-electron chi connectivity index (χ2n) is 8.66. The maximum atomic E-state index is 6.03. The summed E-state index contributed by atoms with van der Waals surface area (Å²) in [6.07, 6.45) is 10.3. The lowest BCUT2D eigenvalue weighted by atomic mass is 9.91. The monoisotopic (exact) mass is 419 g/mol. The number of rotatable bonds is 8. The van der Waals surface area contributed by atoms with Gasteiger partial charge in [-0.1, -0.05) is 19.1 Å². The third-order valence-electron chi connectivity index (χ3n) is 6.66.